The summed E-state index contributed by atoms with van der Waals surface area (Å²) in [5, 5.41) is 9.69. The van der Waals surface area contributed by atoms with Gasteiger partial charge in [0.25, 0.3) is 5.91 Å². The fraction of sp³-hybridized carbons (Fsp3) is 0.286. The summed E-state index contributed by atoms with van der Waals surface area (Å²) >= 11 is 0. The van der Waals surface area contributed by atoms with Crippen LogP contribution in [0.4, 0.5) is 19.0 Å². The first-order chi connectivity index (χ1) is 14.3. The molecule has 0 aliphatic carbocycles. The van der Waals surface area contributed by atoms with Crippen molar-refractivity contribution >= 4 is 11.7 Å². The average molecular weight is 415 g/mol. The quantitative estimate of drug-likeness (QED) is 0.671. The van der Waals surface area contributed by atoms with Crippen LogP contribution in [-0.2, 0) is 6.54 Å². The second-order valence-corrected chi connectivity index (χ2v) is 7.30. The molecule has 0 spiro atoms. The summed E-state index contributed by atoms with van der Waals surface area (Å²) in [5.74, 6) is -0.434. The number of carbonyl (C=O) groups excluding carboxylic acids is 1. The van der Waals surface area contributed by atoms with Gasteiger partial charge in [-0.1, -0.05) is 35.9 Å². The van der Waals surface area contributed by atoms with E-state index in [2.05, 4.69) is 20.7 Å². The summed E-state index contributed by atoms with van der Waals surface area (Å²) in [6.07, 6.45) is -0.296. The van der Waals surface area contributed by atoms with Crippen molar-refractivity contribution in [2.24, 2.45) is 0 Å². The second-order valence-electron chi connectivity index (χ2n) is 7.30. The Labute approximate surface area is 171 Å². The largest absolute Gasteiger partial charge is 0.410 e. The minimum absolute atomic E-state index is 0.0674. The molecule has 0 saturated carbocycles. The number of fused-ring (bicyclic) bond motifs is 1. The Kier molecular flexibility index (Phi) is 5.19. The van der Waals surface area contributed by atoms with Gasteiger partial charge in [0.1, 0.15) is 11.4 Å². The molecule has 1 aromatic carbocycles. The van der Waals surface area contributed by atoms with Gasteiger partial charge in [0.2, 0.25) is 0 Å². The number of nitrogens with zero attached hydrogens (tertiary/aromatic N) is 3. The van der Waals surface area contributed by atoms with Crippen LogP contribution in [0.25, 0.3) is 0 Å². The lowest BCUT2D eigenvalue weighted by atomic mass is 9.96. The van der Waals surface area contributed by atoms with Gasteiger partial charge in [0.15, 0.2) is 6.04 Å². The Morgan fingerprint density at radius 3 is 2.67 bits per heavy atom. The molecule has 0 saturated heterocycles. The van der Waals surface area contributed by atoms with Crippen molar-refractivity contribution in [3.8, 4) is 0 Å². The monoisotopic (exact) mass is 415 g/mol. The molecule has 9 heteroatoms. The number of hydrogen-bond donors (Lipinski definition) is 2. The van der Waals surface area contributed by atoms with E-state index in [1.807, 2.05) is 19.1 Å². The Morgan fingerprint density at radius 1 is 1.23 bits per heavy atom. The van der Waals surface area contributed by atoms with Gasteiger partial charge in [-0.2, -0.15) is 18.3 Å². The lowest BCUT2D eigenvalue weighted by Gasteiger charge is -2.34. The van der Waals surface area contributed by atoms with Crippen LogP contribution < -0.4 is 10.6 Å². The first-order valence-electron chi connectivity index (χ1n) is 9.47. The molecule has 2 atom stereocenters. The number of anilines is 1. The first-order valence-corrected chi connectivity index (χ1v) is 9.47. The number of hydrogen-bond acceptors (Lipinski definition) is 4. The molecule has 156 valence electrons. The summed E-state index contributed by atoms with van der Waals surface area (Å²) < 4.78 is 42.1. The molecule has 3 heterocycles. The van der Waals surface area contributed by atoms with Gasteiger partial charge in [0.05, 0.1) is 12.2 Å². The lowest BCUT2D eigenvalue weighted by molar-refractivity contribution is -0.173. The van der Waals surface area contributed by atoms with Crippen LogP contribution in [0.15, 0.2) is 55.0 Å². The van der Waals surface area contributed by atoms with Crippen molar-refractivity contribution in [1.82, 2.24) is 20.1 Å². The molecule has 1 aliphatic heterocycles. The molecule has 0 radical (unpaired) electrons. The minimum Gasteiger partial charge on any atom is -0.363 e. The molecular weight excluding hydrogens is 395 g/mol. The van der Waals surface area contributed by atoms with Crippen LogP contribution in [0, 0.1) is 6.92 Å². The van der Waals surface area contributed by atoms with Crippen LogP contribution >= 0.6 is 0 Å². The SMILES string of the molecule is Cc1ccc([C@H]2C[C@@H](C(F)(F)F)n3ncc(C(=O)NCc4cccnc4)c3N2)cc1. The van der Waals surface area contributed by atoms with Crippen LogP contribution in [0.5, 0.6) is 0 Å². The lowest BCUT2D eigenvalue weighted by Crippen LogP contribution is -2.36. The molecule has 6 nitrogen and oxygen atoms in total. The van der Waals surface area contributed by atoms with E-state index in [0.29, 0.717) is 0 Å². The molecule has 1 aliphatic rings. The number of rotatable bonds is 4. The van der Waals surface area contributed by atoms with Crippen LogP contribution in [-0.4, -0.2) is 26.8 Å². The zero-order chi connectivity index (χ0) is 21.3. The van der Waals surface area contributed by atoms with E-state index in [1.165, 1.54) is 6.20 Å². The van der Waals surface area contributed by atoms with Crippen molar-refractivity contribution in [1.29, 1.82) is 0 Å². The van der Waals surface area contributed by atoms with Crippen LogP contribution in [0.1, 0.15) is 45.6 Å². The number of aryl methyl sites for hydroxylation is 1. The second kappa shape index (κ2) is 7.81. The van der Waals surface area contributed by atoms with E-state index in [0.717, 1.165) is 21.4 Å². The smallest absolute Gasteiger partial charge is 0.363 e. The van der Waals surface area contributed by atoms with E-state index in [1.54, 1.807) is 36.7 Å². The number of aromatic nitrogens is 3. The predicted octanol–water partition coefficient (Wildman–Crippen LogP) is 4.18. The van der Waals surface area contributed by atoms with Gasteiger partial charge in [-0.25, -0.2) is 4.68 Å². The minimum atomic E-state index is -4.49. The highest BCUT2D eigenvalue weighted by molar-refractivity contribution is 5.98. The van der Waals surface area contributed by atoms with Crippen molar-refractivity contribution < 1.29 is 18.0 Å². The van der Waals surface area contributed by atoms with Crippen molar-refractivity contribution in [3.63, 3.8) is 0 Å². The molecule has 4 rings (SSSR count). The standard InChI is InChI=1S/C21H20F3N5O/c1-13-4-6-15(7-5-13)17-9-18(21(22,23)24)29-19(28-17)16(12-27-29)20(30)26-11-14-3-2-8-25-10-14/h2-8,10,12,17-18,28H,9,11H2,1H3,(H,26,30)/t17-,18+/m1/s1. The number of halogens is 3. The highest BCUT2D eigenvalue weighted by Gasteiger charge is 2.47. The van der Waals surface area contributed by atoms with E-state index < -0.39 is 24.2 Å². The van der Waals surface area contributed by atoms with E-state index in [4.69, 9.17) is 0 Å². The zero-order valence-corrected chi connectivity index (χ0v) is 16.1. The van der Waals surface area contributed by atoms with E-state index >= 15 is 0 Å². The fourth-order valence-corrected chi connectivity index (χ4v) is 3.53. The number of carbonyl (C=O) groups is 1. The van der Waals surface area contributed by atoms with Gasteiger partial charge >= 0.3 is 6.18 Å². The molecule has 1 amide bonds. The number of nitrogens with one attached hydrogen (secondary N) is 2. The molecule has 0 unspecified atom stereocenters. The fourth-order valence-electron chi connectivity index (χ4n) is 3.53. The number of amides is 1. The van der Waals surface area contributed by atoms with E-state index in [-0.39, 0.29) is 24.3 Å². The van der Waals surface area contributed by atoms with Gasteiger partial charge in [-0.3, -0.25) is 9.78 Å². The predicted molar refractivity (Wildman–Crippen MR) is 105 cm³/mol. The highest BCUT2D eigenvalue weighted by atomic mass is 19.4. The topological polar surface area (TPSA) is 71.8 Å². The van der Waals surface area contributed by atoms with Crippen molar-refractivity contribution in [2.45, 2.75) is 38.1 Å². The Balaban J connectivity index is 1.62. The number of pyridine rings is 1. The normalized spacial score (nSPS) is 18.4. The Morgan fingerprint density at radius 2 is 2.00 bits per heavy atom. The molecule has 0 bridgehead atoms. The number of benzene rings is 1. The molecule has 0 fully saturated rings. The third-order valence-electron chi connectivity index (χ3n) is 5.14. The summed E-state index contributed by atoms with van der Waals surface area (Å²) in [5.41, 5.74) is 2.60. The van der Waals surface area contributed by atoms with Crippen LogP contribution in [0.3, 0.4) is 0 Å². The van der Waals surface area contributed by atoms with Gasteiger partial charge < -0.3 is 10.6 Å². The van der Waals surface area contributed by atoms with Crippen molar-refractivity contribution in [2.75, 3.05) is 5.32 Å². The summed E-state index contributed by atoms with van der Waals surface area (Å²) in [4.78, 5) is 16.7. The molecule has 30 heavy (non-hydrogen) atoms. The summed E-state index contributed by atoms with van der Waals surface area (Å²) in [6, 6.07) is 8.44. The highest BCUT2D eigenvalue weighted by Crippen LogP contribution is 2.44. The van der Waals surface area contributed by atoms with Gasteiger partial charge in [-0.05, 0) is 24.1 Å². The first kappa shape index (κ1) is 19.9. The molecule has 2 N–H and O–H groups in total. The third kappa shape index (κ3) is 4.00. The third-order valence-corrected chi connectivity index (χ3v) is 5.14. The Hall–Kier alpha value is -3.36. The number of alkyl halides is 3. The zero-order valence-electron chi connectivity index (χ0n) is 16.1. The van der Waals surface area contributed by atoms with Crippen LogP contribution in [0.2, 0.25) is 0 Å². The van der Waals surface area contributed by atoms with Crippen molar-refractivity contribution in [3.05, 3.63) is 77.2 Å². The van der Waals surface area contributed by atoms with Gasteiger partial charge in [-0.15, -0.1) is 0 Å². The van der Waals surface area contributed by atoms with E-state index in [9.17, 15) is 18.0 Å². The molecular formula is C21H20F3N5O. The Bertz CT molecular complexity index is 1030. The maximum atomic E-state index is 13.8. The summed E-state index contributed by atoms with van der Waals surface area (Å²) in [6.45, 7) is 2.12. The molecule has 3 aromatic rings. The maximum absolute atomic E-state index is 13.8. The molecule has 2 aromatic heterocycles. The van der Waals surface area contributed by atoms with Gasteiger partial charge in [0, 0.05) is 25.4 Å². The average Bonchev–Trinajstić information content (AvgIpc) is 3.16. The summed E-state index contributed by atoms with van der Waals surface area (Å²) in [7, 11) is 0. The maximum Gasteiger partial charge on any atom is 0.410 e.